The van der Waals surface area contributed by atoms with E-state index >= 15 is 0 Å². The lowest BCUT2D eigenvalue weighted by Gasteiger charge is -2.36. The van der Waals surface area contributed by atoms with Crippen molar-refractivity contribution in [3.8, 4) is 0 Å². The Labute approximate surface area is 172 Å². The summed E-state index contributed by atoms with van der Waals surface area (Å²) in [5, 5.41) is 9.48. The monoisotopic (exact) mass is 440 g/mol. The van der Waals surface area contributed by atoms with Gasteiger partial charge in [0, 0.05) is 12.1 Å². The predicted octanol–water partition coefficient (Wildman–Crippen LogP) is 4.65. The average Bonchev–Trinajstić information content (AvgIpc) is 2.68. The zero-order chi connectivity index (χ0) is 21.7. The molecule has 0 aliphatic heterocycles. The number of benzene rings is 2. The summed E-state index contributed by atoms with van der Waals surface area (Å²) in [6.07, 6.45) is 0. The number of nitro benzene ring substituents is 1. The Morgan fingerprint density at radius 3 is 2.03 bits per heavy atom. The first kappa shape index (κ1) is 23.4. The molecule has 0 saturated carbocycles. The van der Waals surface area contributed by atoms with E-state index in [1.807, 2.05) is 19.1 Å². The fraction of sp³-hybridized carbons (Fsp3) is 0.368. The van der Waals surface area contributed by atoms with Gasteiger partial charge in [-0.1, -0.05) is 17.7 Å². The number of nitrogens with one attached hydrogen (secondary N) is 1. The molecular weight excluding hydrogens is 415 g/mol. The number of rotatable bonds is 10. The van der Waals surface area contributed by atoms with Crippen LogP contribution in [-0.4, -0.2) is 22.3 Å². The summed E-state index contributed by atoms with van der Waals surface area (Å²) < 4.78 is 40.7. The van der Waals surface area contributed by atoms with Gasteiger partial charge in [0.2, 0.25) is 0 Å². The average molecular weight is 440 g/mol. The molecule has 0 bridgehead atoms. The fourth-order valence-corrected chi connectivity index (χ4v) is 6.13. The van der Waals surface area contributed by atoms with Gasteiger partial charge in [-0.25, -0.2) is 8.93 Å². The zero-order valence-electron chi connectivity index (χ0n) is 16.8. The van der Waals surface area contributed by atoms with Crippen molar-refractivity contribution in [2.75, 3.05) is 13.2 Å². The minimum Gasteiger partial charge on any atom is -0.307 e. The van der Waals surface area contributed by atoms with E-state index in [9.17, 15) is 18.9 Å². The van der Waals surface area contributed by atoms with Crippen LogP contribution in [0.25, 0.3) is 0 Å². The summed E-state index contributed by atoms with van der Waals surface area (Å²) in [5.41, 5.74) is 1.30. The molecule has 0 unspecified atom stereocenters. The van der Waals surface area contributed by atoms with E-state index in [4.69, 9.17) is 9.05 Å². The largest absolute Gasteiger partial charge is 0.355 e. The molecule has 2 aromatic carbocycles. The normalized spacial score (nSPS) is 14.9. The molecule has 0 radical (unpaired) electrons. The van der Waals surface area contributed by atoms with Gasteiger partial charge in [0.25, 0.3) is 5.69 Å². The number of hydrogen-bond donors (Lipinski definition) is 1. The number of aryl methyl sites for hydroxylation is 1. The Morgan fingerprint density at radius 1 is 1.07 bits per heavy atom. The molecule has 0 saturated heterocycles. The third-order valence-corrected chi connectivity index (χ3v) is 8.42. The van der Waals surface area contributed by atoms with E-state index in [2.05, 4.69) is 4.72 Å². The van der Waals surface area contributed by atoms with Crippen molar-refractivity contribution in [1.82, 2.24) is 4.72 Å². The van der Waals surface area contributed by atoms with Gasteiger partial charge < -0.3 is 9.05 Å². The highest BCUT2D eigenvalue weighted by molar-refractivity contribution is 7.83. The molecular formula is C19H25N2O6PS. The number of non-ortho nitro benzene ring substituents is 1. The second kappa shape index (κ2) is 9.73. The van der Waals surface area contributed by atoms with Gasteiger partial charge in [-0.3, -0.25) is 14.7 Å². The van der Waals surface area contributed by atoms with Crippen molar-refractivity contribution in [3.05, 3.63) is 69.8 Å². The summed E-state index contributed by atoms with van der Waals surface area (Å²) >= 11 is 0. The van der Waals surface area contributed by atoms with E-state index in [-0.39, 0.29) is 18.9 Å². The maximum absolute atomic E-state index is 13.7. The van der Waals surface area contributed by atoms with Gasteiger partial charge in [-0.15, -0.1) is 0 Å². The van der Waals surface area contributed by atoms with E-state index in [0.717, 1.165) is 5.56 Å². The first-order valence-corrected chi connectivity index (χ1v) is 11.8. The summed E-state index contributed by atoms with van der Waals surface area (Å²) in [4.78, 5) is 11.0. The van der Waals surface area contributed by atoms with Crippen LogP contribution in [0.5, 0.6) is 0 Å². The van der Waals surface area contributed by atoms with Crippen LogP contribution >= 0.6 is 7.60 Å². The fourth-order valence-electron chi connectivity index (χ4n) is 2.72. The maximum atomic E-state index is 13.7. The summed E-state index contributed by atoms with van der Waals surface area (Å²) in [6.45, 7) is 7.06. The molecule has 0 heterocycles. The van der Waals surface area contributed by atoms with Crippen LogP contribution in [-0.2, 0) is 29.9 Å². The molecule has 29 heavy (non-hydrogen) atoms. The van der Waals surface area contributed by atoms with Crippen molar-refractivity contribution in [2.24, 2.45) is 0 Å². The first-order chi connectivity index (χ1) is 13.7. The number of nitro groups is 1. The quantitative estimate of drug-likeness (QED) is 0.327. The molecule has 0 spiro atoms. The lowest BCUT2D eigenvalue weighted by Crippen LogP contribution is -2.41. The third kappa shape index (κ3) is 5.18. The number of hydrogen-bond acceptors (Lipinski definition) is 6. The highest BCUT2D eigenvalue weighted by Crippen LogP contribution is 2.63. The smallest absolute Gasteiger partial charge is 0.307 e. The van der Waals surface area contributed by atoms with Crippen LogP contribution in [0.15, 0.2) is 53.4 Å². The molecule has 10 heteroatoms. The van der Waals surface area contributed by atoms with Gasteiger partial charge in [0.15, 0.2) is 5.28 Å². The Kier molecular flexibility index (Phi) is 7.85. The first-order valence-electron chi connectivity index (χ1n) is 9.07. The van der Waals surface area contributed by atoms with Gasteiger partial charge in [0.1, 0.15) is 11.0 Å². The van der Waals surface area contributed by atoms with Gasteiger partial charge in [-0.05, 0) is 57.5 Å². The molecule has 0 amide bonds. The van der Waals surface area contributed by atoms with E-state index in [0.29, 0.717) is 10.5 Å². The van der Waals surface area contributed by atoms with Crippen molar-refractivity contribution in [3.63, 3.8) is 0 Å². The second-order valence-electron chi connectivity index (χ2n) is 6.39. The molecule has 0 aromatic heterocycles. The maximum Gasteiger partial charge on any atom is 0.355 e. The van der Waals surface area contributed by atoms with E-state index in [1.54, 1.807) is 32.9 Å². The zero-order valence-corrected chi connectivity index (χ0v) is 18.5. The summed E-state index contributed by atoms with van der Waals surface area (Å²) in [6, 6.07) is 12.6. The molecule has 0 fully saturated rings. The molecule has 1 N–H and O–H groups in total. The minimum atomic E-state index is -3.86. The highest BCUT2D eigenvalue weighted by Gasteiger charge is 2.50. The van der Waals surface area contributed by atoms with E-state index in [1.165, 1.54) is 24.3 Å². The molecule has 8 nitrogen and oxygen atoms in total. The van der Waals surface area contributed by atoms with Crippen LogP contribution in [0, 0.1) is 17.0 Å². The van der Waals surface area contributed by atoms with Crippen molar-refractivity contribution in [1.29, 1.82) is 0 Å². The van der Waals surface area contributed by atoms with Gasteiger partial charge in [-0.2, -0.15) is 0 Å². The molecule has 2 atom stereocenters. The Balaban J connectivity index is 2.54. The lowest BCUT2D eigenvalue weighted by atomic mass is 10.1. The molecule has 158 valence electrons. The van der Waals surface area contributed by atoms with Gasteiger partial charge in [0.05, 0.1) is 23.0 Å². The topological polar surface area (TPSA) is 108 Å². The van der Waals surface area contributed by atoms with Gasteiger partial charge >= 0.3 is 7.60 Å². The summed E-state index contributed by atoms with van der Waals surface area (Å²) in [5.74, 6) is 0. The lowest BCUT2D eigenvalue weighted by molar-refractivity contribution is -0.384. The minimum absolute atomic E-state index is 0.110. The Morgan fingerprint density at radius 2 is 1.59 bits per heavy atom. The summed E-state index contributed by atoms with van der Waals surface area (Å²) in [7, 11) is -5.61. The molecule has 0 aliphatic rings. The number of nitrogens with zero attached hydrogens (tertiary/aromatic N) is 1. The van der Waals surface area contributed by atoms with Crippen molar-refractivity contribution in [2.45, 2.75) is 37.9 Å². The SMILES string of the molecule is CCOP(=O)(OCC)[C@@](C)(N[S@@](=O)c1ccc(C)cc1)c1ccc([N+](=O)[O-])cc1. The van der Waals surface area contributed by atoms with Crippen LogP contribution in [0.1, 0.15) is 31.9 Å². The van der Waals surface area contributed by atoms with E-state index < -0.39 is 28.8 Å². The van der Waals surface area contributed by atoms with Crippen molar-refractivity contribution < 1.29 is 22.7 Å². The Hall–Kier alpha value is -1.90. The third-order valence-electron chi connectivity index (χ3n) is 4.31. The Bertz CT molecular complexity index is 909. The van der Waals surface area contributed by atoms with Crippen LogP contribution < -0.4 is 4.72 Å². The van der Waals surface area contributed by atoms with Crippen molar-refractivity contribution >= 4 is 24.3 Å². The standard InChI is InChI=1S/C19H25N2O6PS/c1-5-26-28(24,27-6-2)19(4,16-9-11-17(12-10-16)21(22)23)20-29(25)18-13-7-15(3)8-14-18/h7-14,20H,5-6H2,1-4H3/t19-,29+/m1/s1. The molecule has 0 aliphatic carbocycles. The molecule has 2 aromatic rings. The predicted molar refractivity (Wildman–Crippen MR) is 112 cm³/mol. The van der Waals surface area contributed by atoms with Crippen LogP contribution in [0.4, 0.5) is 5.69 Å². The van der Waals surface area contributed by atoms with Crippen LogP contribution in [0.3, 0.4) is 0 Å². The second-order valence-corrected chi connectivity index (χ2v) is 10.0. The molecule has 2 rings (SSSR count). The highest BCUT2D eigenvalue weighted by atomic mass is 32.2. The van der Waals surface area contributed by atoms with Crippen LogP contribution in [0.2, 0.25) is 0 Å².